The van der Waals surface area contributed by atoms with Crippen molar-refractivity contribution in [1.29, 1.82) is 5.41 Å². The van der Waals surface area contributed by atoms with Crippen molar-refractivity contribution in [3.63, 3.8) is 0 Å². The summed E-state index contributed by atoms with van der Waals surface area (Å²) in [6, 6.07) is 12.7. The number of imidazole rings is 1. The van der Waals surface area contributed by atoms with Crippen LogP contribution >= 0.6 is 0 Å². The first-order chi connectivity index (χ1) is 17.0. The second-order valence-electron chi connectivity index (χ2n) is 9.35. The fourth-order valence-corrected chi connectivity index (χ4v) is 5.03. The summed E-state index contributed by atoms with van der Waals surface area (Å²) in [4.78, 5) is 16.9. The molecule has 3 atom stereocenters. The van der Waals surface area contributed by atoms with Crippen molar-refractivity contribution in [2.24, 2.45) is 0 Å². The van der Waals surface area contributed by atoms with E-state index in [0.717, 1.165) is 55.2 Å². The second kappa shape index (κ2) is 10.00. The zero-order valence-corrected chi connectivity index (χ0v) is 20.1. The number of aromatic amines is 1. The molecule has 7 nitrogen and oxygen atoms in total. The fourth-order valence-electron chi connectivity index (χ4n) is 5.03. The Hall–Kier alpha value is -3.52. The van der Waals surface area contributed by atoms with E-state index in [0.29, 0.717) is 11.7 Å². The summed E-state index contributed by atoms with van der Waals surface area (Å²) in [6.45, 7) is 6.57. The van der Waals surface area contributed by atoms with Crippen LogP contribution in [-0.2, 0) is 4.74 Å². The number of benzene rings is 1. The van der Waals surface area contributed by atoms with E-state index in [1.165, 1.54) is 6.07 Å². The van der Waals surface area contributed by atoms with Crippen LogP contribution in [0.3, 0.4) is 0 Å². The summed E-state index contributed by atoms with van der Waals surface area (Å²) < 4.78 is 19.6. The highest BCUT2D eigenvalue weighted by Gasteiger charge is 2.27. The first kappa shape index (κ1) is 23.2. The Labute approximate surface area is 205 Å². The lowest BCUT2D eigenvalue weighted by Crippen LogP contribution is -2.45. The number of ether oxygens (including phenoxy) is 1. The van der Waals surface area contributed by atoms with Crippen molar-refractivity contribution in [2.45, 2.75) is 44.9 Å². The van der Waals surface area contributed by atoms with Crippen molar-refractivity contribution in [3.8, 4) is 11.4 Å². The molecule has 2 aliphatic heterocycles. The lowest BCUT2D eigenvalue weighted by molar-refractivity contribution is -0.00545. The number of pyridine rings is 1. The highest BCUT2D eigenvalue weighted by atomic mass is 19.1. The molecule has 8 heteroatoms. The normalized spacial score (nSPS) is 22.8. The molecule has 2 aliphatic rings. The fraction of sp³-hybridized carbons (Fsp3) is 0.370. The van der Waals surface area contributed by atoms with E-state index >= 15 is 0 Å². The highest BCUT2D eigenvalue weighted by Crippen LogP contribution is 2.32. The van der Waals surface area contributed by atoms with Crippen molar-refractivity contribution in [1.82, 2.24) is 19.9 Å². The van der Waals surface area contributed by atoms with Gasteiger partial charge < -0.3 is 19.5 Å². The Bertz CT molecular complexity index is 1210. The Morgan fingerprint density at radius 2 is 1.97 bits per heavy atom. The van der Waals surface area contributed by atoms with E-state index in [-0.39, 0.29) is 24.1 Å². The lowest BCUT2D eigenvalue weighted by atomic mass is 10.0. The number of anilines is 1. The van der Waals surface area contributed by atoms with E-state index < -0.39 is 0 Å². The van der Waals surface area contributed by atoms with Crippen LogP contribution in [0.25, 0.3) is 17.5 Å². The lowest BCUT2D eigenvalue weighted by Gasteiger charge is -2.36. The van der Waals surface area contributed by atoms with Crippen molar-refractivity contribution in [3.05, 3.63) is 71.9 Å². The third-order valence-electron chi connectivity index (χ3n) is 6.54. The number of nitrogens with zero attached hydrogens (tertiary/aromatic N) is 4. The second-order valence-corrected chi connectivity index (χ2v) is 9.35. The monoisotopic (exact) mass is 474 g/mol. The average molecular weight is 475 g/mol. The maximum absolute atomic E-state index is 13.7. The van der Waals surface area contributed by atoms with Gasteiger partial charge in [-0.05, 0) is 68.7 Å². The maximum Gasteiger partial charge on any atom is 0.130 e. The van der Waals surface area contributed by atoms with Crippen LogP contribution in [-0.4, -0.2) is 57.5 Å². The quantitative estimate of drug-likeness (QED) is 0.399. The molecule has 182 valence electrons. The summed E-state index contributed by atoms with van der Waals surface area (Å²) in [5, 5.41) is 8.59. The smallest absolute Gasteiger partial charge is 0.130 e. The van der Waals surface area contributed by atoms with Crippen LogP contribution in [0.5, 0.6) is 0 Å². The number of nitrogens with one attached hydrogen (secondary N) is 2. The number of halogens is 1. The molecular formula is C27H31FN6O. The molecule has 1 unspecified atom stereocenters. The van der Waals surface area contributed by atoms with Crippen LogP contribution in [0, 0.1) is 11.2 Å². The van der Waals surface area contributed by atoms with Gasteiger partial charge in [-0.3, -0.25) is 5.41 Å². The van der Waals surface area contributed by atoms with Gasteiger partial charge in [-0.1, -0.05) is 18.2 Å². The maximum atomic E-state index is 13.7. The molecule has 0 bridgehead atoms. The van der Waals surface area contributed by atoms with Gasteiger partial charge in [0.25, 0.3) is 0 Å². The molecule has 2 aromatic heterocycles. The molecule has 5 rings (SSSR count). The molecule has 0 spiro atoms. The molecule has 0 radical (unpaired) electrons. The summed E-state index contributed by atoms with van der Waals surface area (Å²) in [5.41, 5.74) is 2.56. The molecular weight excluding hydrogens is 443 g/mol. The Balaban J connectivity index is 1.28. The predicted molar refractivity (Wildman–Crippen MR) is 136 cm³/mol. The number of morpholine rings is 1. The molecule has 2 saturated heterocycles. The number of hydrogen-bond donors (Lipinski definition) is 2. The zero-order valence-electron chi connectivity index (χ0n) is 20.1. The Kier molecular flexibility index (Phi) is 6.63. The molecule has 0 aliphatic carbocycles. The first-order valence-corrected chi connectivity index (χ1v) is 12.2. The number of likely N-dealkylation sites (tertiary alicyclic amines) is 1. The van der Waals surface area contributed by atoms with E-state index in [1.54, 1.807) is 24.4 Å². The van der Waals surface area contributed by atoms with Crippen LogP contribution < -0.4 is 4.90 Å². The number of H-pyrrole nitrogens is 1. The van der Waals surface area contributed by atoms with E-state index in [1.807, 2.05) is 35.2 Å². The summed E-state index contributed by atoms with van der Waals surface area (Å²) in [5.74, 6) is 1.74. The van der Waals surface area contributed by atoms with E-state index in [4.69, 9.17) is 15.1 Å². The van der Waals surface area contributed by atoms with Gasteiger partial charge in [-0.15, -0.1) is 0 Å². The van der Waals surface area contributed by atoms with Gasteiger partial charge in [-0.2, -0.15) is 0 Å². The number of hydrogen-bond acceptors (Lipinski definition) is 5. The van der Waals surface area contributed by atoms with Crippen molar-refractivity contribution in [2.75, 3.05) is 24.5 Å². The van der Waals surface area contributed by atoms with Crippen LogP contribution in [0.15, 0.2) is 54.7 Å². The third-order valence-corrected chi connectivity index (χ3v) is 6.54. The minimum absolute atomic E-state index is 0.0209. The predicted octanol–water partition coefficient (Wildman–Crippen LogP) is 5.05. The number of aromatic nitrogens is 3. The van der Waals surface area contributed by atoms with Gasteiger partial charge in [0.05, 0.1) is 35.8 Å². The van der Waals surface area contributed by atoms with Gasteiger partial charge in [-0.25, -0.2) is 14.4 Å². The zero-order chi connectivity index (χ0) is 24.4. The summed E-state index contributed by atoms with van der Waals surface area (Å²) in [7, 11) is 0. The molecule has 35 heavy (non-hydrogen) atoms. The number of amidine groups is 1. The van der Waals surface area contributed by atoms with Crippen LogP contribution in [0.2, 0.25) is 0 Å². The topological polar surface area (TPSA) is 81.1 Å². The first-order valence-electron chi connectivity index (χ1n) is 12.2. The van der Waals surface area contributed by atoms with Gasteiger partial charge in [0.15, 0.2) is 0 Å². The molecule has 0 amide bonds. The molecule has 0 saturated carbocycles. The summed E-state index contributed by atoms with van der Waals surface area (Å²) >= 11 is 0. The highest BCUT2D eigenvalue weighted by molar-refractivity contribution is 5.94. The van der Waals surface area contributed by atoms with Gasteiger partial charge in [0.1, 0.15) is 23.3 Å². The summed E-state index contributed by atoms with van der Waals surface area (Å²) in [6.07, 6.45) is 7.55. The Morgan fingerprint density at radius 3 is 2.77 bits per heavy atom. The van der Waals surface area contributed by atoms with Crippen LogP contribution in [0.4, 0.5) is 10.2 Å². The minimum atomic E-state index is -0.241. The van der Waals surface area contributed by atoms with E-state index in [9.17, 15) is 4.39 Å². The number of rotatable bonds is 5. The van der Waals surface area contributed by atoms with Gasteiger partial charge in [0.2, 0.25) is 0 Å². The van der Waals surface area contributed by atoms with E-state index in [2.05, 4.69) is 28.7 Å². The Morgan fingerprint density at radius 1 is 1.17 bits per heavy atom. The SMILES string of the molecule is C[C@@H]1CN(c2cccc(-c3cnc(C=CC(=N)N4CCCC4c4cccc(F)c4)[nH]3)n2)C[C@H](C)O1. The molecule has 2 fully saturated rings. The molecule has 3 aromatic rings. The van der Waals surface area contributed by atoms with Gasteiger partial charge >= 0.3 is 0 Å². The largest absolute Gasteiger partial charge is 0.372 e. The standard InChI is InChI=1S/C27H31FN6O/c1-18-16-33(17-19(2)35-18)27-10-4-8-22(32-27)23-15-30-26(31-23)12-11-25(29)34-13-5-9-24(34)20-6-3-7-21(28)14-20/h3-4,6-8,10-12,14-15,18-19,24,29H,5,9,13,16-17H2,1-2H3,(H,30,31)/t18-,19+,24?. The minimum Gasteiger partial charge on any atom is -0.372 e. The van der Waals surface area contributed by atoms with Crippen molar-refractivity contribution < 1.29 is 9.13 Å². The van der Waals surface area contributed by atoms with Gasteiger partial charge in [0, 0.05) is 19.6 Å². The molecule has 4 heterocycles. The average Bonchev–Trinajstić information content (AvgIpc) is 3.52. The molecule has 2 N–H and O–H groups in total. The third kappa shape index (κ3) is 5.27. The van der Waals surface area contributed by atoms with Crippen molar-refractivity contribution >= 4 is 17.7 Å². The van der Waals surface area contributed by atoms with Crippen LogP contribution in [0.1, 0.15) is 44.1 Å². The molecule has 1 aromatic carbocycles.